The molecule has 68 valence electrons. The summed E-state index contributed by atoms with van der Waals surface area (Å²) < 4.78 is 12.0. The second-order valence-corrected chi connectivity index (χ2v) is 4.02. The first-order valence-electron chi connectivity index (χ1n) is 3.84. The Kier molecular flexibility index (Phi) is 3.17. The van der Waals surface area contributed by atoms with Gasteiger partial charge in [0, 0.05) is 12.1 Å². The van der Waals surface area contributed by atoms with E-state index in [0.717, 1.165) is 5.01 Å². The molecule has 0 aliphatic rings. The van der Waals surface area contributed by atoms with Crippen molar-refractivity contribution in [3.63, 3.8) is 0 Å². The first-order chi connectivity index (χ1) is 5.65. The number of hydrogen-bond acceptors (Lipinski definition) is 3. The molecule has 0 fully saturated rings. The second kappa shape index (κ2) is 3.96. The number of rotatable bonds is 3. The molecule has 1 atom stereocenters. The summed E-state index contributed by atoms with van der Waals surface area (Å²) in [5, 5.41) is 10.1. The van der Waals surface area contributed by atoms with Crippen molar-refractivity contribution in [2.24, 2.45) is 0 Å². The standard InChI is InChI=1S/C8H12FNOS/c1-5(2)8-10-4-7(12-8)6(11)3-9/h4-6,11H,3H2,1-2H3. The summed E-state index contributed by atoms with van der Waals surface area (Å²) in [6, 6.07) is 0. The van der Waals surface area contributed by atoms with Crippen LogP contribution < -0.4 is 0 Å². The van der Waals surface area contributed by atoms with E-state index in [0.29, 0.717) is 10.8 Å². The molecule has 0 spiro atoms. The lowest BCUT2D eigenvalue weighted by Gasteiger charge is -2.00. The Morgan fingerprint density at radius 2 is 2.33 bits per heavy atom. The Balaban J connectivity index is 2.77. The van der Waals surface area contributed by atoms with Crippen molar-refractivity contribution in [2.75, 3.05) is 6.67 Å². The summed E-state index contributed by atoms with van der Waals surface area (Å²) in [4.78, 5) is 4.69. The van der Waals surface area contributed by atoms with Gasteiger partial charge in [0.1, 0.15) is 12.8 Å². The van der Waals surface area contributed by atoms with Crippen molar-refractivity contribution < 1.29 is 9.50 Å². The molecule has 0 bridgehead atoms. The number of aliphatic hydroxyl groups is 1. The van der Waals surface area contributed by atoms with E-state index in [4.69, 9.17) is 5.11 Å². The molecule has 1 rings (SSSR count). The third-order valence-electron chi connectivity index (χ3n) is 1.51. The predicted molar refractivity (Wildman–Crippen MR) is 47.1 cm³/mol. The number of aliphatic hydroxyl groups excluding tert-OH is 1. The van der Waals surface area contributed by atoms with E-state index >= 15 is 0 Å². The van der Waals surface area contributed by atoms with Crippen LogP contribution in [0.1, 0.15) is 35.8 Å². The summed E-state index contributed by atoms with van der Waals surface area (Å²) in [6.45, 7) is 3.30. The lowest BCUT2D eigenvalue weighted by Crippen LogP contribution is -1.95. The highest BCUT2D eigenvalue weighted by Gasteiger charge is 2.12. The van der Waals surface area contributed by atoms with Gasteiger partial charge in [-0.1, -0.05) is 13.8 Å². The zero-order chi connectivity index (χ0) is 9.14. The highest BCUT2D eigenvalue weighted by atomic mass is 32.1. The van der Waals surface area contributed by atoms with Gasteiger partial charge in [-0.3, -0.25) is 0 Å². The van der Waals surface area contributed by atoms with Crippen LogP contribution in [0.4, 0.5) is 4.39 Å². The molecule has 4 heteroatoms. The van der Waals surface area contributed by atoms with Gasteiger partial charge in [-0.15, -0.1) is 11.3 Å². The van der Waals surface area contributed by atoms with E-state index in [-0.39, 0.29) is 0 Å². The van der Waals surface area contributed by atoms with Crippen molar-refractivity contribution in [2.45, 2.75) is 25.9 Å². The normalized spacial score (nSPS) is 13.8. The molecular weight excluding hydrogens is 177 g/mol. The molecule has 0 saturated carbocycles. The van der Waals surface area contributed by atoms with E-state index in [1.165, 1.54) is 11.3 Å². The monoisotopic (exact) mass is 189 g/mol. The maximum absolute atomic E-state index is 12.0. The predicted octanol–water partition coefficient (Wildman–Crippen LogP) is 2.27. The lowest BCUT2D eigenvalue weighted by molar-refractivity contribution is 0.145. The van der Waals surface area contributed by atoms with E-state index < -0.39 is 12.8 Å². The van der Waals surface area contributed by atoms with Crippen molar-refractivity contribution in [1.29, 1.82) is 0 Å². The van der Waals surface area contributed by atoms with E-state index in [1.807, 2.05) is 13.8 Å². The number of halogens is 1. The Morgan fingerprint density at radius 1 is 1.67 bits per heavy atom. The summed E-state index contributed by atoms with van der Waals surface area (Å²) in [7, 11) is 0. The summed E-state index contributed by atoms with van der Waals surface area (Å²) in [6.07, 6.45) is 0.555. The molecule has 1 N–H and O–H groups in total. The van der Waals surface area contributed by atoms with Gasteiger partial charge in [-0.05, 0) is 0 Å². The summed E-state index contributed by atoms with van der Waals surface area (Å²) in [5.74, 6) is 0.343. The minimum absolute atomic E-state index is 0.343. The van der Waals surface area contributed by atoms with Gasteiger partial charge in [-0.2, -0.15) is 0 Å². The highest BCUT2D eigenvalue weighted by Crippen LogP contribution is 2.25. The van der Waals surface area contributed by atoms with Crippen LogP contribution in [0.15, 0.2) is 6.20 Å². The van der Waals surface area contributed by atoms with Gasteiger partial charge in [-0.25, -0.2) is 9.37 Å². The molecule has 0 radical (unpaired) electrons. The van der Waals surface area contributed by atoms with Crippen molar-refractivity contribution in [3.8, 4) is 0 Å². The zero-order valence-electron chi connectivity index (χ0n) is 7.12. The van der Waals surface area contributed by atoms with E-state index in [2.05, 4.69) is 4.98 Å². The maximum Gasteiger partial charge on any atom is 0.120 e. The molecule has 1 aromatic heterocycles. The molecule has 0 aliphatic heterocycles. The van der Waals surface area contributed by atoms with E-state index in [9.17, 15) is 4.39 Å². The molecule has 0 aliphatic carbocycles. The fourth-order valence-electron chi connectivity index (χ4n) is 0.798. The SMILES string of the molecule is CC(C)c1ncc(C(O)CF)s1. The number of hydrogen-bond donors (Lipinski definition) is 1. The summed E-state index contributed by atoms with van der Waals surface area (Å²) in [5.41, 5.74) is 0. The van der Waals surface area contributed by atoms with Gasteiger partial charge in [0.05, 0.1) is 9.88 Å². The van der Waals surface area contributed by atoms with Gasteiger partial charge >= 0.3 is 0 Å². The third kappa shape index (κ3) is 2.01. The molecule has 0 saturated heterocycles. The van der Waals surface area contributed by atoms with Crippen LogP contribution in [-0.4, -0.2) is 16.8 Å². The third-order valence-corrected chi connectivity index (χ3v) is 2.91. The molecule has 1 heterocycles. The highest BCUT2D eigenvalue weighted by molar-refractivity contribution is 7.11. The number of nitrogens with zero attached hydrogens (tertiary/aromatic N) is 1. The van der Waals surface area contributed by atoms with Crippen molar-refractivity contribution >= 4 is 11.3 Å². The number of thiazole rings is 1. The van der Waals surface area contributed by atoms with Gasteiger partial charge < -0.3 is 5.11 Å². The Labute approximate surface area is 75.1 Å². The van der Waals surface area contributed by atoms with Crippen molar-refractivity contribution in [3.05, 3.63) is 16.1 Å². The van der Waals surface area contributed by atoms with Crippen LogP contribution in [0.25, 0.3) is 0 Å². The van der Waals surface area contributed by atoms with Crippen LogP contribution >= 0.6 is 11.3 Å². The van der Waals surface area contributed by atoms with Gasteiger partial charge in [0.25, 0.3) is 0 Å². The first kappa shape index (κ1) is 9.61. The minimum atomic E-state index is -0.991. The van der Waals surface area contributed by atoms with Crippen LogP contribution in [0.3, 0.4) is 0 Å². The molecular formula is C8H12FNOS. The number of alkyl halides is 1. The largest absolute Gasteiger partial charge is 0.385 e. The average Bonchev–Trinajstić information content (AvgIpc) is 2.51. The lowest BCUT2D eigenvalue weighted by atomic mass is 10.2. The van der Waals surface area contributed by atoms with Crippen LogP contribution in [-0.2, 0) is 0 Å². The fraction of sp³-hybridized carbons (Fsp3) is 0.625. The van der Waals surface area contributed by atoms with Crippen LogP contribution in [0.5, 0.6) is 0 Å². The average molecular weight is 189 g/mol. The molecule has 12 heavy (non-hydrogen) atoms. The number of aromatic nitrogens is 1. The molecule has 0 aromatic carbocycles. The molecule has 1 aromatic rings. The van der Waals surface area contributed by atoms with Crippen LogP contribution in [0.2, 0.25) is 0 Å². The zero-order valence-corrected chi connectivity index (χ0v) is 7.94. The molecule has 1 unspecified atom stereocenters. The molecule has 0 amide bonds. The minimum Gasteiger partial charge on any atom is -0.385 e. The summed E-state index contributed by atoms with van der Waals surface area (Å²) >= 11 is 1.37. The van der Waals surface area contributed by atoms with Gasteiger partial charge in [0.15, 0.2) is 0 Å². The fourth-order valence-corrected chi connectivity index (χ4v) is 1.68. The quantitative estimate of drug-likeness (QED) is 0.791. The smallest absolute Gasteiger partial charge is 0.120 e. The Morgan fingerprint density at radius 3 is 2.75 bits per heavy atom. The van der Waals surface area contributed by atoms with Crippen LogP contribution in [0, 0.1) is 0 Å². The van der Waals surface area contributed by atoms with Crippen molar-refractivity contribution in [1.82, 2.24) is 4.98 Å². The Bertz CT molecular complexity index is 249. The Hall–Kier alpha value is -0.480. The first-order valence-corrected chi connectivity index (χ1v) is 4.66. The topological polar surface area (TPSA) is 33.1 Å². The molecule has 2 nitrogen and oxygen atoms in total. The second-order valence-electron chi connectivity index (χ2n) is 2.93. The maximum atomic E-state index is 12.0. The van der Waals surface area contributed by atoms with Gasteiger partial charge in [0.2, 0.25) is 0 Å². The van der Waals surface area contributed by atoms with E-state index in [1.54, 1.807) is 6.20 Å².